The van der Waals surface area contributed by atoms with E-state index in [1.807, 2.05) is 25.1 Å². The quantitative estimate of drug-likeness (QED) is 0.564. The third-order valence-electron chi connectivity index (χ3n) is 3.67. The molecule has 0 unspecified atom stereocenters. The van der Waals surface area contributed by atoms with Crippen LogP contribution in [0.15, 0.2) is 18.2 Å². The second-order valence-electron chi connectivity index (χ2n) is 5.62. The summed E-state index contributed by atoms with van der Waals surface area (Å²) in [6.45, 7) is 6.10. The lowest BCUT2D eigenvalue weighted by Gasteiger charge is -2.26. The lowest BCUT2D eigenvalue weighted by molar-refractivity contribution is 0.0903. The van der Waals surface area contributed by atoms with E-state index in [1.165, 1.54) is 12.8 Å². The number of anilines is 1. The Hall–Kier alpha value is -1.55. The highest BCUT2D eigenvalue weighted by Gasteiger charge is 2.38. The number of hydrogen-bond acceptors (Lipinski definition) is 3. The Labute approximate surface area is 108 Å². The van der Waals surface area contributed by atoms with Crippen molar-refractivity contribution in [3.8, 4) is 0 Å². The number of nitrogen functional groups attached to an aromatic ring is 1. The predicted molar refractivity (Wildman–Crippen MR) is 73.3 cm³/mol. The summed E-state index contributed by atoms with van der Waals surface area (Å²) in [4.78, 5) is 12.3. The molecule has 0 aromatic heterocycles. The SMILES string of the molecule is Cc1cc(NN)ccc1C(=O)NC(C)(C)C1CC1. The van der Waals surface area contributed by atoms with Crippen molar-refractivity contribution in [2.75, 3.05) is 5.43 Å². The highest BCUT2D eigenvalue weighted by atomic mass is 16.1. The second-order valence-corrected chi connectivity index (χ2v) is 5.62. The van der Waals surface area contributed by atoms with E-state index in [0.29, 0.717) is 11.5 Å². The second kappa shape index (κ2) is 4.61. The topological polar surface area (TPSA) is 67.1 Å². The minimum atomic E-state index is -0.117. The molecule has 1 fully saturated rings. The van der Waals surface area contributed by atoms with Crippen molar-refractivity contribution in [3.63, 3.8) is 0 Å². The molecule has 0 heterocycles. The van der Waals surface area contributed by atoms with Crippen LogP contribution in [0.5, 0.6) is 0 Å². The Kier molecular flexibility index (Phi) is 3.30. The third-order valence-corrected chi connectivity index (χ3v) is 3.67. The maximum atomic E-state index is 12.3. The van der Waals surface area contributed by atoms with E-state index in [9.17, 15) is 4.79 Å². The summed E-state index contributed by atoms with van der Waals surface area (Å²) in [5, 5.41) is 3.12. The number of nitrogens with two attached hydrogens (primary N) is 1. The molecule has 0 bridgehead atoms. The molecule has 1 saturated carbocycles. The summed E-state index contributed by atoms with van der Waals surface area (Å²) in [5.74, 6) is 5.95. The van der Waals surface area contributed by atoms with E-state index >= 15 is 0 Å². The van der Waals surface area contributed by atoms with E-state index in [4.69, 9.17) is 5.84 Å². The van der Waals surface area contributed by atoms with Gasteiger partial charge in [0, 0.05) is 16.8 Å². The molecule has 1 amide bonds. The van der Waals surface area contributed by atoms with Crippen molar-refractivity contribution in [3.05, 3.63) is 29.3 Å². The molecule has 0 atom stereocenters. The highest BCUT2D eigenvalue weighted by Crippen LogP contribution is 2.39. The third kappa shape index (κ3) is 2.64. The number of carbonyl (C=O) groups is 1. The standard InChI is InChI=1S/C14H21N3O/c1-9-8-11(17-15)6-7-12(9)13(18)16-14(2,3)10-4-5-10/h6-8,10,17H,4-5,15H2,1-3H3,(H,16,18). The predicted octanol–water partition coefficient (Wildman–Crippen LogP) is 2.20. The van der Waals surface area contributed by atoms with Crippen LogP contribution in [-0.4, -0.2) is 11.4 Å². The number of hydrogen-bond donors (Lipinski definition) is 3. The first-order valence-electron chi connectivity index (χ1n) is 6.34. The normalized spacial score (nSPS) is 15.3. The first-order chi connectivity index (χ1) is 8.44. The van der Waals surface area contributed by atoms with Crippen LogP contribution in [0, 0.1) is 12.8 Å². The fraction of sp³-hybridized carbons (Fsp3) is 0.500. The van der Waals surface area contributed by atoms with Crippen LogP contribution < -0.4 is 16.6 Å². The van der Waals surface area contributed by atoms with Gasteiger partial charge in [0.25, 0.3) is 5.91 Å². The average Bonchev–Trinajstić information content (AvgIpc) is 3.11. The van der Waals surface area contributed by atoms with Gasteiger partial charge in [0.2, 0.25) is 0 Å². The van der Waals surface area contributed by atoms with Crippen molar-refractivity contribution < 1.29 is 4.79 Å². The van der Waals surface area contributed by atoms with E-state index in [1.54, 1.807) is 0 Å². The van der Waals surface area contributed by atoms with Crippen LogP contribution in [0.25, 0.3) is 0 Å². The molecule has 4 heteroatoms. The molecule has 1 aromatic rings. The minimum absolute atomic E-state index is 0.00651. The summed E-state index contributed by atoms with van der Waals surface area (Å²) < 4.78 is 0. The number of amides is 1. The number of carbonyl (C=O) groups excluding carboxylic acids is 1. The number of hydrazine groups is 1. The fourth-order valence-corrected chi connectivity index (χ4v) is 2.28. The molecule has 4 N–H and O–H groups in total. The molecule has 1 aliphatic carbocycles. The molecule has 98 valence electrons. The lowest BCUT2D eigenvalue weighted by Crippen LogP contribution is -2.45. The summed E-state index contributed by atoms with van der Waals surface area (Å²) in [6, 6.07) is 5.49. The van der Waals surface area contributed by atoms with Gasteiger partial charge in [-0.15, -0.1) is 0 Å². The molecule has 4 nitrogen and oxygen atoms in total. The lowest BCUT2D eigenvalue weighted by atomic mass is 9.97. The monoisotopic (exact) mass is 247 g/mol. The molecule has 18 heavy (non-hydrogen) atoms. The maximum absolute atomic E-state index is 12.3. The van der Waals surface area contributed by atoms with Crippen LogP contribution in [0.2, 0.25) is 0 Å². The van der Waals surface area contributed by atoms with E-state index in [-0.39, 0.29) is 11.4 Å². The van der Waals surface area contributed by atoms with Gasteiger partial charge >= 0.3 is 0 Å². The van der Waals surface area contributed by atoms with E-state index in [2.05, 4.69) is 24.6 Å². The van der Waals surface area contributed by atoms with Crippen LogP contribution in [-0.2, 0) is 0 Å². The van der Waals surface area contributed by atoms with Gasteiger partial charge in [-0.05, 0) is 63.3 Å². The molecule has 0 radical (unpaired) electrons. The summed E-state index contributed by atoms with van der Waals surface area (Å²) in [7, 11) is 0. The zero-order chi connectivity index (χ0) is 13.3. The molecule has 0 spiro atoms. The Morgan fingerprint density at radius 2 is 2.06 bits per heavy atom. The van der Waals surface area contributed by atoms with Crippen LogP contribution in [0.3, 0.4) is 0 Å². The molecule has 2 rings (SSSR count). The van der Waals surface area contributed by atoms with Crippen LogP contribution in [0.4, 0.5) is 5.69 Å². The Balaban J connectivity index is 2.13. The van der Waals surface area contributed by atoms with Gasteiger partial charge in [-0.2, -0.15) is 0 Å². The summed E-state index contributed by atoms with van der Waals surface area (Å²) >= 11 is 0. The number of rotatable bonds is 4. The van der Waals surface area contributed by atoms with Crippen molar-refractivity contribution in [2.24, 2.45) is 11.8 Å². The molecular weight excluding hydrogens is 226 g/mol. The molecular formula is C14H21N3O. The van der Waals surface area contributed by atoms with Crippen molar-refractivity contribution in [1.29, 1.82) is 0 Å². The number of benzene rings is 1. The van der Waals surface area contributed by atoms with Gasteiger partial charge in [-0.1, -0.05) is 0 Å². The fourth-order valence-electron chi connectivity index (χ4n) is 2.28. The van der Waals surface area contributed by atoms with Gasteiger partial charge in [0.1, 0.15) is 0 Å². The molecule has 0 saturated heterocycles. The average molecular weight is 247 g/mol. The van der Waals surface area contributed by atoms with E-state index in [0.717, 1.165) is 11.3 Å². The zero-order valence-corrected chi connectivity index (χ0v) is 11.2. The number of nitrogens with one attached hydrogen (secondary N) is 2. The van der Waals surface area contributed by atoms with Crippen LogP contribution >= 0.6 is 0 Å². The number of aryl methyl sites for hydroxylation is 1. The van der Waals surface area contributed by atoms with Gasteiger partial charge in [-0.3, -0.25) is 10.6 Å². The van der Waals surface area contributed by atoms with Gasteiger partial charge < -0.3 is 10.7 Å². The van der Waals surface area contributed by atoms with Crippen LogP contribution in [0.1, 0.15) is 42.6 Å². The van der Waals surface area contributed by atoms with E-state index < -0.39 is 0 Å². The highest BCUT2D eigenvalue weighted by molar-refractivity contribution is 5.96. The molecule has 0 aliphatic heterocycles. The largest absolute Gasteiger partial charge is 0.347 e. The van der Waals surface area contributed by atoms with Crippen molar-refractivity contribution in [2.45, 2.75) is 39.2 Å². The van der Waals surface area contributed by atoms with Gasteiger partial charge in [0.05, 0.1) is 0 Å². The minimum Gasteiger partial charge on any atom is -0.347 e. The summed E-state index contributed by atoms with van der Waals surface area (Å²) in [5.41, 5.74) is 4.91. The smallest absolute Gasteiger partial charge is 0.251 e. The maximum Gasteiger partial charge on any atom is 0.251 e. The first-order valence-corrected chi connectivity index (χ1v) is 6.34. The zero-order valence-electron chi connectivity index (χ0n) is 11.2. The first kappa shape index (κ1) is 12.9. The molecule has 1 aromatic carbocycles. The summed E-state index contributed by atoms with van der Waals surface area (Å²) in [6.07, 6.45) is 2.42. The Morgan fingerprint density at radius 3 is 2.56 bits per heavy atom. The van der Waals surface area contributed by atoms with Crippen molar-refractivity contribution in [1.82, 2.24) is 5.32 Å². The van der Waals surface area contributed by atoms with Gasteiger partial charge in [0.15, 0.2) is 0 Å². The van der Waals surface area contributed by atoms with Gasteiger partial charge in [-0.25, -0.2) is 0 Å². The van der Waals surface area contributed by atoms with Crippen molar-refractivity contribution >= 4 is 11.6 Å². The Bertz CT molecular complexity index is 464. The Morgan fingerprint density at radius 1 is 1.39 bits per heavy atom. The molecule has 1 aliphatic rings.